The molecule has 0 radical (unpaired) electrons. The van der Waals surface area contributed by atoms with E-state index < -0.39 is 17.8 Å². The summed E-state index contributed by atoms with van der Waals surface area (Å²) >= 11 is 5.80. The van der Waals surface area contributed by atoms with Gasteiger partial charge in [-0.15, -0.1) is 0 Å². The Bertz CT molecular complexity index is 532. The summed E-state index contributed by atoms with van der Waals surface area (Å²) in [5, 5.41) is 14.3. The maximum absolute atomic E-state index is 12.9. The molecule has 0 bridgehead atoms. The van der Waals surface area contributed by atoms with Crippen LogP contribution in [0.4, 0.5) is 4.39 Å². The number of rotatable bonds is 4. The Hall–Kier alpha value is -1.82. The lowest BCUT2D eigenvalue weighted by Gasteiger charge is -2.17. The second-order valence-electron chi connectivity index (χ2n) is 4.44. The molecule has 0 heterocycles. The monoisotopic (exact) mass is 285 g/mol. The van der Waals surface area contributed by atoms with E-state index in [9.17, 15) is 9.18 Å². The van der Waals surface area contributed by atoms with Crippen LogP contribution in [-0.4, -0.2) is 23.0 Å². The van der Waals surface area contributed by atoms with E-state index in [-0.39, 0.29) is 22.3 Å². The lowest BCUT2D eigenvalue weighted by atomic mass is 10.1. The van der Waals surface area contributed by atoms with Crippen LogP contribution in [0.3, 0.4) is 0 Å². The zero-order valence-corrected chi connectivity index (χ0v) is 10.7. The maximum atomic E-state index is 12.9. The zero-order valence-electron chi connectivity index (χ0n) is 9.94. The zero-order chi connectivity index (χ0) is 14.0. The molecule has 4 N–H and O–H groups in total. The molecule has 19 heavy (non-hydrogen) atoms. The van der Waals surface area contributed by atoms with Crippen molar-refractivity contribution in [3.63, 3.8) is 0 Å². The first kappa shape index (κ1) is 13.6. The van der Waals surface area contributed by atoms with Gasteiger partial charge >= 0.3 is 0 Å². The molecule has 1 fully saturated rings. The minimum Gasteiger partial charge on any atom is -0.409 e. The molecule has 1 saturated carbocycles. The van der Waals surface area contributed by atoms with Crippen LogP contribution in [0.1, 0.15) is 23.2 Å². The summed E-state index contributed by atoms with van der Waals surface area (Å²) in [5.41, 5.74) is 5.69. The summed E-state index contributed by atoms with van der Waals surface area (Å²) in [6.07, 6.45) is 1.80. The standard InChI is InChI=1S/C12H13ClFN3O2/c13-9-5-7(14)3-4-8(9)12(18)16-10(6-1-2-6)11(15)17-19/h3-6,10,19H,1-2H2,(H2,15,17)(H,16,18). The first-order valence-electron chi connectivity index (χ1n) is 5.76. The summed E-state index contributed by atoms with van der Waals surface area (Å²) in [4.78, 5) is 12.0. The van der Waals surface area contributed by atoms with Crippen LogP contribution in [0.2, 0.25) is 5.02 Å². The molecule has 1 aliphatic carbocycles. The minimum atomic E-state index is -0.529. The number of nitrogens with two attached hydrogens (primary N) is 1. The van der Waals surface area contributed by atoms with Gasteiger partial charge in [-0.05, 0) is 37.0 Å². The molecule has 2 rings (SSSR count). The molecule has 1 aromatic rings. The highest BCUT2D eigenvalue weighted by atomic mass is 35.5. The molecular weight excluding hydrogens is 273 g/mol. The van der Waals surface area contributed by atoms with Gasteiger partial charge in [-0.3, -0.25) is 4.79 Å². The topological polar surface area (TPSA) is 87.7 Å². The van der Waals surface area contributed by atoms with E-state index in [2.05, 4.69) is 10.5 Å². The molecular formula is C12H13ClFN3O2. The Morgan fingerprint density at radius 2 is 2.26 bits per heavy atom. The molecule has 102 valence electrons. The number of benzene rings is 1. The van der Waals surface area contributed by atoms with Crippen LogP contribution in [0.5, 0.6) is 0 Å². The van der Waals surface area contributed by atoms with Gasteiger partial charge in [0.2, 0.25) is 0 Å². The molecule has 5 nitrogen and oxygen atoms in total. The number of carbonyl (C=O) groups is 1. The van der Waals surface area contributed by atoms with Crippen molar-refractivity contribution in [2.75, 3.05) is 0 Å². The molecule has 1 unspecified atom stereocenters. The van der Waals surface area contributed by atoms with Gasteiger partial charge in [-0.25, -0.2) is 4.39 Å². The number of hydrogen-bond acceptors (Lipinski definition) is 3. The Morgan fingerprint density at radius 1 is 1.58 bits per heavy atom. The van der Waals surface area contributed by atoms with E-state index in [1.165, 1.54) is 6.07 Å². The number of halogens is 2. The SMILES string of the molecule is NC(=NO)C(NC(=O)c1ccc(F)cc1Cl)C1CC1. The van der Waals surface area contributed by atoms with Gasteiger partial charge in [0.05, 0.1) is 16.6 Å². The number of amidine groups is 1. The molecule has 0 spiro atoms. The fourth-order valence-corrected chi connectivity index (χ4v) is 2.07. The van der Waals surface area contributed by atoms with Gasteiger partial charge in [-0.2, -0.15) is 0 Å². The number of amides is 1. The molecule has 7 heteroatoms. The van der Waals surface area contributed by atoms with Gasteiger partial charge in [0, 0.05) is 0 Å². The molecule has 0 aromatic heterocycles. The molecule has 0 saturated heterocycles. The van der Waals surface area contributed by atoms with Crippen molar-refractivity contribution in [1.29, 1.82) is 0 Å². The van der Waals surface area contributed by atoms with Crippen LogP contribution in [-0.2, 0) is 0 Å². The van der Waals surface area contributed by atoms with Crippen molar-refractivity contribution < 1.29 is 14.4 Å². The number of nitrogens with one attached hydrogen (secondary N) is 1. The highest BCUT2D eigenvalue weighted by Crippen LogP contribution is 2.33. The van der Waals surface area contributed by atoms with Crippen molar-refractivity contribution in [3.8, 4) is 0 Å². The number of carbonyl (C=O) groups excluding carboxylic acids is 1. The summed E-state index contributed by atoms with van der Waals surface area (Å²) in [6, 6.07) is 2.98. The van der Waals surface area contributed by atoms with Crippen molar-refractivity contribution in [2.24, 2.45) is 16.8 Å². The van der Waals surface area contributed by atoms with E-state index in [4.69, 9.17) is 22.5 Å². The van der Waals surface area contributed by atoms with Gasteiger partial charge < -0.3 is 16.3 Å². The smallest absolute Gasteiger partial charge is 0.253 e. The van der Waals surface area contributed by atoms with E-state index >= 15 is 0 Å². The Morgan fingerprint density at radius 3 is 2.79 bits per heavy atom. The van der Waals surface area contributed by atoms with Crippen LogP contribution < -0.4 is 11.1 Å². The van der Waals surface area contributed by atoms with E-state index in [0.29, 0.717) is 0 Å². The van der Waals surface area contributed by atoms with Gasteiger partial charge in [0.25, 0.3) is 5.91 Å². The normalized spacial score (nSPS) is 17.1. The first-order chi connectivity index (χ1) is 9.02. The third-order valence-corrected chi connectivity index (χ3v) is 3.30. The molecule has 1 aliphatic rings. The van der Waals surface area contributed by atoms with Gasteiger partial charge in [0.1, 0.15) is 5.82 Å². The van der Waals surface area contributed by atoms with Crippen LogP contribution >= 0.6 is 11.6 Å². The summed E-state index contributed by atoms with van der Waals surface area (Å²) in [5.74, 6) is -0.876. The number of oxime groups is 1. The maximum Gasteiger partial charge on any atom is 0.253 e. The number of nitrogens with zero attached hydrogens (tertiary/aromatic N) is 1. The first-order valence-corrected chi connectivity index (χ1v) is 6.14. The summed E-state index contributed by atoms with van der Waals surface area (Å²) in [6.45, 7) is 0. The molecule has 1 atom stereocenters. The lowest BCUT2D eigenvalue weighted by Crippen LogP contribution is -2.46. The highest BCUT2D eigenvalue weighted by molar-refractivity contribution is 6.33. The van der Waals surface area contributed by atoms with Crippen molar-refractivity contribution in [3.05, 3.63) is 34.6 Å². The Kier molecular flexibility index (Phi) is 3.90. The van der Waals surface area contributed by atoms with Crippen LogP contribution in [0.15, 0.2) is 23.4 Å². The van der Waals surface area contributed by atoms with E-state index in [0.717, 1.165) is 25.0 Å². The molecule has 1 aromatic carbocycles. The fourth-order valence-electron chi connectivity index (χ4n) is 1.82. The average molecular weight is 286 g/mol. The minimum absolute atomic E-state index is 0.0200. The third-order valence-electron chi connectivity index (χ3n) is 2.99. The summed E-state index contributed by atoms with van der Waals surface area (Å²) < 4.78 is 12.9. The van der Waals surface area contributed by atoms with Crippen molar-refractivity contribution in [2.45, 2.75) is 18.9 Å². The second-order valence-corrected chi connectivity index (χ2v) is 4.84. The van der Waals surface area contributed by atoms with Crippen molar-refractivity contribution >= 4 is 23.3 Å². The van der Waals surface area contributed by atoms with Crippen LogP contribution in [0, 0.1) is 11.7 Å². The third kappa shape index (κ3) is 3.14. The van der Waals surface area contributed by atoms with Gasteiger partial charge in [0.15, 0.2) is 5.84 Å². The van der Waals surface area contributed by atoms with Crippen LogP contribution in [0.25, 0.3) is 0 Å². The average Bonchev–Trinajstić information content (AvgIpc) is 3.19. The largest absolute Gasteiger partial charge is 0.409 e. The Balaban J connectivity index is 2.15. The van der Waals surface area contributed by atoms with E-state index in [1.807, 2.05) is 0 Å². The predicted molar refractivity (Wildman–Crippen MR) is 68.8 cm³/mol. The number of hydrogen-bond donors (Lipinski definition) is 3. The Labute approximate surface area is 114 Å². The lowest BCUT2D eigenvalue weighted by molar-refractivity contribution is 0.0943. The quantitative estimate of drug-likeness (QED) is 0.341. The molecule has 0 aliphatic heterocycles. The second kappa shape index (κ2) is 5.44. The van der Waals surface area contributed by atoms with Crippen molar-refractivity contribution in [1.82, 2.24) is 5.32 Å². The fraction of sp³-hybridized carbons (Fsp3) is 0.333. The summed E-state index contributed by atoms with van der Waals surface area (Å²) in [7, 11) is 0. The van der Waals surface area contributed by atoms with Gasteiger partial charge in [-0.1, -0.05) is 16.8 Å². The highest BCUT2D eigenvalue weighted by Gasteiger charge is 2.35. The van der Waals surface area contributed by atoms with E-state index in [1.54, 1.807) is 0 Å². The predicted octanol–water partition coefficient (Wildman–Crippen LogP) is 1.73. The molecule has 1 amide bonds.